The maximum absolute atomic E-state index is 13.3. The minimum Gasteiger partial charge on any atom is -0.353 e. The van der Waals surface area contributed by atoms with E-state index in [1.807, 2.05) is 37.3 Å². The highest BCUT2D eigenvalue weighted by atomic mass is 32.2. The molecule has 0 bridgehead atoms. The summed E-state index contributed by atoms with van der Waals surface area (Å²) in [6.45, 7) is 2.04. The van der Waals surface area contributed by atoms with Gasteiger partial charge in [0.1, 0.15) is 6.04 Å². The van der Waals surface area contributed by atoms with Crippen molar-refractivity contribution in [3.63, 3.8) is 0 Å². The summed E-state index contributed by atoms with van der Waals surface area (Å²) in [6.07, 6.45) is -3.66. The highest BCUT2D eigenvalue weighted by molar-refractivity contribution is 8.14. The number of aryl methyl sites for hydroxylation is 1. The fraction of sp³-hybridized carbons (Fsp3) is 0.333. The number of hydrogen-bond acceptors (Lipinski definition) is 4. The van der Waals surface area contributed by atoms with E-state index >= 15 is 0 Å². The molecule has 2 N–H and O–H groups in total. The van der Waals surface area contributed by atoms with Crippen LogP contribution in [-0.2, 0) is 11.2 Å². The Labute approximate surface area is 172 Å². The molecule has 0 aromatic heterocycles. The van der Waals surface area contributed by atoms with E-state index in [4.69, 9.17) is 0 Å². The van der Waals surface area contributed by atoms with Crippen LogP contribution in [0, 0.1) is 0 Å². The zero-order valence-electron chi connectivity index (χ0n) is 15.9. The van der Waals surface area contributed by atoms with E-state index in [2.05, 4.69) is 15.6 Å². The second-order valence-corrected chi connectivity index (χ2v) is 7.69. The monoisotopic (exact) mass is 421 g/mol. The lowest BCUT2D eigenvalue weighted by atomic mass is 9.98. The fourth-order valence-corrected chi connectivity index (χ4v) is 3.77. The standard InChI is InChI=1S/C21H22F3N3OS/c1-2-14-8-10-16(11-9-14)25-19(28)13-29-20-26-17(15-6-4-3-5-7-15)12-18(27-20)21(22,23)24/h3-11,17-18H,2,12-13H2,1H3,(H,25,28)(H,26,27)/t17-,18-/m1/s1. The van der Waals surface area contributed by atoms with Crippen molar-refractivity contribution in [2.45, 2.75) is 38.0 Å². The summed E-state index contributed by atoms with van der Waals surface area (Å²) in [5, 5.41) is 5.32. The topological polar surface area (TPSA) is 53.5 Å². The number of carbonyl (C=O) groups excluding carboxylic acids is 1. The molecule has 2 aromatic carbocycles. The Balaban J connectivity index is 1.65. The molecule has 1 aliphatic heterocycles. The van der Waals surface area contributed by atoms with E-state index in [1.54, 1.807) is 24.3 Å². The number of alkyl halides is 3. The molecule has 0 radical (unpaired) electrons. The van der Waals surface area contributed by atoms with Gasteiger partial charge in [-0.2, -0.15) is 13.2 Å². The summed E-state index contributed by atoms with van der Waals surface area (Å²) in [7, 11) is 0. The molecule has 1 aliphatic rings. The number of benzene rings is 2. The molecule has 2 aromatic rings. The van der Waals surface area contributed by atoms with Gasteiger partial charge >= 0.3 is 6.18 Å². The van der Waals surface area contributed by atoms with Gasteiger partial charge in [-0.05, 0) is 29.7 Å². The average molecular weight is 421 g/mol. The first kappa shape index (κ1) is 21.2. The third kappa shape index (κ3) is 6.00. The van der Waals surface area contributed by atoms with E-state index in [9.17, 15) is 18.0 Å². The molecule has 1 amide bonds. The van der Waals surface area contributed by atoms with Crippen LogP contribution in [0.1, 0.15) is 30.5 Å². The third-order valence-electron chi connectivity index (χ3n) is 4.60. The molecule has 29 heavy (non-hydrogen) atoms. The summed E-state index contributed by atoms with van der Waals surface area (Å²) in [6, 6.07) is 14.1. The molecule has 0 spiro atoms. The molecule has 4 nitrogen and oxygen atoms in total. The number of amidine groups is 1. The maximum atomic E-state index is 13.3. The Morgan fingerprint density at radius 1 is 1.17 bits per heavy atom. The lowest BCUT2D eigenvalue weighted by Crippen LogP contribution is -2.48. The van der Waals surface area contributed by atoms with Crippen LogP contribution in [0.25, 0.3) is 0 Å². The molecule has 3 rings (SSSR count). The number of halogens is 3. The first-order valence-electron chi connectivity index (χ1n) is 9.32. The van der Waals surface area contributed by atoms with E-state index in [-0.39, 0.29) is 23.2 Å². The summed E-state index contributed by atoms with van der Waals surface area (Å²) in [5.74, 6) is -0.331. The van der Waals surface area contributed by atoms with Crippen LogP contribution in [-0.4, -0.2) is 29.0 Å². The summed E-state index contributed by atoms with van der Waals surface area (Å²) in [4.78, 5) is 16.6. The van der Waals surface area contributed by atoms with Crippen LogP contribution in [0.2, 0.25) is 0 Å². The van der Waals surface area contributed by atoms with Crippen LogP contribution < -0.4 is 10.6 Å². The summed E-state index contributed by atoms with van der Waals surface area (Å²) < 4.78 is 40.0. The molecule has 0 saturated heterocycles. The predicted octanol–water partition coefficient (Wildman–Crippen LogP) is 4.94. The molecule has 8 heteroatoms. The number of thioether (sulfide) groups is 1. The van der Waals surface area contributed by atoms with E-state index in [0.717, 1.165) is 29.3 Å². The zero-order valence-corrected chi connectivity index (χ0v) is 16.7. The number of nitrogens with zero attached hydrogens (tertiary/aromatic N) is 1. The second kappa shape index (κ2) is 9.35. The van der Waals surface area contributed by atoms with Crippen LogP contribution in [0.15, 0.2) is 59.6 Å². The molecule has 154 valence electrons. The Hall–Kier alpha value is -2.48. The molecule has 2 atom stereocenters. The van der Waals surface area contributed by atoms with Gasteiger partial charge in [-0.1, -0.05) is 61.2 Å². The minimum atomic E-state index is -4.39. The second-order valence-electron chi connectivity index (χ2n) is 6.72. The SMILES string of the molecule is CCc1ccc(NC(=O)CSC2=N[C@@H](c3ccccc3)C[C@H](C(F)(F)F)N2)cc1. The van der Waals surface area contributed by atoms with Crippen molar-refractivity contribution in [1.29, 1.82) is 0 Å². The lowest BCUT2D eigenvalue weighted by molar-refractivity contribution is -0.155. The molecular formula is C21H22F3N3OS. The van der Waals surface area contributed by atoms with Crippen LogP contribution in [0.5, 0.6) is 0 Å². The van der Waals surface area contributed by atoms with E-state index in [0.29, 0.717) is 5.69 Å². The maximum Gasteiger partial charge on any atom is 0.408 e. The molecule has 0 saturated carbocycles. The molecule has 0 unspecified atom stereocenters. The van der Waals surface area contributed by atoms with Crippen LogP contribution in [0.4, 0.5) is 18.9 Å². The van der Waals surface area contributed by atoms with Crippen molar-refractivity contribution in [3.8, 4) is 0 Å². The van der Waals surface area contributed by atoms with Gasteiger partial charge in [0.25, 0.3) is 0 Å². The highest BCUT2D eigenvalue weighted by Crippen LogP contribution is 2.34. The van der Waals surface area contributed by atoms with Crippen molar-refractivity contribution in [2.24, 2.45) is 4.99 Å². The molecule has 0 aliphatic carbocycles. The highest BCUT2D eigenvalue weighted by Gasteiger charge is 2.43. The van der Waals surface area contributed by atoms with Gasteiger partial charge < -0.3 is 10.6 Å². The Kier molecular flexibility index (Phi) is 6.84. The Morgan fingerprint density at radius 3 is 2.48 bits per heavy atom. The number of rotatable bonds is 5. The number of anilines is 1. The fourth-order valence-electron chi connectivity index (χ4n) is 3.00. The smallest absolute Gasteiger partial charge is 0.353 e. The summed E-state index contributed by atoms with van der Waals surface area (Å²) >= 11 is 0.978. The van der Waals surface area contributed by atoms with Gasteiger partial charge in [0.2, 0.25) is 5.91 Å². The van der Waals surface area contributed by atoms with Crippen LogP contribution in [0.3, 0.4) is 0 Å². The minimum absolute atomic E-state index is 0.0343. The van der Waals surface area contributed by atoms with Gasteiger partial charge in [-0.25, -0.2) is 0 Å². The van der Waals surface area contributed by atoms with Crippen molar-refractivity contribution in [1.82, 2.24) is 5.32 Å². The number of amides is 1. The predicted molar refractivity (Wildman–Crippen MR) is 111 cm³/mol. The molecule has 1 heterocycles. The lowest BCUT2D eigenvalue weighted by Gasteiger charge is -2.31. The van der Waals surface area contributed by atoms with Crippen molar-refractivity contribution >= 4 is 28.5 Å². The van der Waals surface area contributed by atoms with E-state index in [1.165, 1.54) is 0 Å². The summed E-state index contributed by atoms with van der Waals surface area (Å²) in [5.41, 5.74) is 2.53. The van der Waals surface area contributed by atoms with Gasteiger partial charge in [-0.3, -0.25) is 9.79 Å². The largest absolute Gasteiger partial charge is 0.408 e. The number of nitrogens with one attached hydrogen (secondary N) is 2. The number of carbonyl (C=O) groups is 1. The van der Waals surface area contributed by atoms with Crippen LogP contribution >= 0.6 is 11.8 Å². The van der Waals surface area contributed by atoms with Gasteiger partial charge in [-0.15, -0.1) is 0 Å². The van der Waals surface area contributed by atoms with Crippen molar-refractivity contribution in [2.75, 3.05) is 11.1 Å². The Morgan fingerprint density at radius 2 is 1.86 bits per heavy atom. The van der Waals surface area contributed by atoms with Gasteiger partial charge in [0.15, 0.2) is 5.17 Å². The van der Waals surface area contributed by atoms with Crippen molar-refractivity contribution < 1.29 is 18.0 Å². The third-order valence-corrected chi connectivity index (χ3v) is 5.50. The normalized spacial score (nSPS) is 19.2. The number of aliphatic imine (C=N–C) groups is 1. The number of hydrogen-bond donors (Lipinski definition) is 2. The van der Waals surface area contributed by atoms with Gasteiger partial charge in [0.05, 0.1) is 11.8 Å². The zero-order chi connectivity index (χ0) is 20.9. The van der Waals surface area contributed by atoms with E-state index < -0.39 is 18.3 Å². The molecular weight excluding hydrogens is 399 g/mol. The molecule has 0 fully saturated rings. The average Bonchev–Trinajstić information content (AvgIpc) is 2.72. The Bertz CT molecular complexity index is 854. The first-order valence-corrected chi connectivity index (χ1v) is 10.3. The van der Waals surface area contributed by atoms with Gasteiger partial charge in [0, 0.05) is 12.1 Å². The van der Waals surface area contributed by atoms with Crippen molar-refractivity contribution in [3.05, 3.63) is 65.7 Å². The quantitative estimate of drug-likeness (QED) is 0.719. The first-order chi connectivity index (χ1) is 13.8.